The minimum Gasteiger partial charge on any atom is -0.481 e. The number of nitrogens with one attached hydrogen (secondary N) is 1. The van der Waals surface area contributed by atoms with Crippen molar-refractivity contribution >= 4 is 11.9 Å². The zero-order chi connectivity index (χ0) is 14.3. The first kappa shape index (κ1) is 15.2. The van der Waals surface area contributed by atoms with Gasteiger partial charge in [-0.1, -0.05) is 29.3 Å². The first-order valence-corrected chi connectivity index (χ1v) is 6.53. The number of aryl methyl sites for hydroxylation is 3. The van der Waals surface area contributed by atoms with Gasteiger partial charge in [0.1, 0.15) is 0 Å². The Hall–Kier alpha value is -1.84. The normalized spacial score (nSPS) is 10.2. The summed E-state index contributed by atoms with van der Waals surface area (Å²) in [6.45, 7) is 4.52. The second kappa shape index (κ2) is 7.56. The van der Waals surface area contributed by atoms with Crippen molar-refractivity contribution in [2.75, 3.05) is 6.54 Å². The monoisotopic (exact) mass is 263 g/mol. The van der Waals surface area contributed by atoms with Gasteiger partial charge in [0.15, 0.2) is 0 Å². The van der Waals surface area contributed by atoms with Crippen LogP contribution in [0.15, 0.2) is 18.2 Å². The van der Waals surface area contributed by atoms with Gasteiger partial charge >= 0.3 is 5.97 Å². The lowest BCUT2D eigenvalue weighted by atomic mass is 10.0. The summed E-state index contributed by atoms with van der Waals surface area (Å²) in [6, 6.07) is 6.28. The van der Waals surface area contributed by atoms with Crippen molar-refractivity contribution in [3.05, 3.63) is 34.9 Å². The van der Waals surface area contributed by atoms with Crippen molar-refractivity contribution in [2.24, 2.45) is 0 Å². The minimum atomic E-state index is -0.829. The van der Waals surface area contributed by atoms with Gasteiger partial charge in [0, 0.05) is 19.4 Å². The first-order valence-electron chi connectivity index (χ1n) is 6.53. The molecule has 19 heavy (non-hydrogen) atoms. The molecule has 0 bridgehead atoms. The average Bonchev–Trinajstić information content (AvgIpc) is 2.31. The van der Waals surface area contributed by atoms with Gasteiger partial charge in [-0.3, -0.25) is 9.59 Å². The lowest BCUT2D eigenvalue weighted by Gasteiger charge is -2.06. The fourth-order valence-corrected chi connectivity index (χ4v) is 2.03. The molecule has 0 heterocycles. The van der Waals surface area contributed by atoms with Crippen LogP contribution in [-0.2, 0) is 16.0 Å². The highest BCUT2D eigenvalue weighted by Gasteiger charge is 2.03. The standard InChI is InChI=1S/C15H21NO3/c1-11-8-12(2)10-13(9-11)5-6-14(17)16-7-3-4-15(18)19/h8-10H,3-7H2,1-2H3,(H,16,17)(H,18,19). The molecule has 1 aromatic rings. The molecule has 0 atom stereocenters. The maximum atomic E-state index is 11.6. The van der Waals surface area contributed by atoms with E-state index >= 15 is 0 Å². The molecule has 0 aliphatic carbocycles. The zero-order valence-electron chi connectivity index (χ0n) is 11.5. The molecular formula is C15H21NO3. The maximum absolute atomic E-state index is 11.6. The maximum Gasteiger partial charge on any atom is 0.303 e. The number of carboxylic acid groups (broad SMARTS) is 1. The van der Waals surface area contributed by atoms with Crippen LogP contribution in [0.1, 0.15) is 36.0 Å². The van der Waals surface area contributed by atoms with Crippen molar-refractivity contribution in [3.63, 3.8) is 0 Å². The van der Waals surface area contributed by atoms with E-state index < -0.39 is 5.97 Å². The van der Waals surface area contributed by atoms with Crippen LogP contribution in [0.5, 0.6) is 0 Å². The Bertz CT molecular complexity index is 434. The molecule has 0 aromatic heterocycles. The molecule has 0 saturated carbocycles. The first-order chi connectivity index (χ1) is 8.97. The second-order valence-electron chi connectivity index (χ2n) is 4.84. The van der Waals surface area contributed by atoms with E-state index in [4.69, 9.17) is 5.11 Å². The average molecular weight is 263 g/mol. The number of carbonyl (C=O) groups is 2. The number of hydrogen-bond donors (Lipinski definition) is 2. The van der Waals surface area contributed by atoms with E-state index in [0.717, 1.165) is 5.56 Å². The van der Waals surface area contributed by atoms with Crippen LogP contribution in [0, 0.1) is 13.8 Å². The Morgan fingerprint density at radius 2 is 1.74 bits per heavy atom. The third-order valence-electron chi connectivity index (χ3n) is 2.81. The van der Waals surface area contributed by atoms with Crippen LogP contribution in [0.2, 0.25) is 0 Å². The van der Waals surface area contributed by atoms with Crippen LogP contribution in [0.4, 0.5) is 0 Å². The van der Waals surface area contributed by atoms with Crippen molar-refractivity contribution in [3.8, 4) is 0 Å². The zero-order valence-corrected chi connectivity index (χ0v) is 11.5. The quantitative estimate of drug-likeness (QED) is 0.741. The van der Waals surface area contributed by atoms with E-state index in [-0.39, 0.29) is 12.3 Å². The Morgan fingerprint density at radius 3 is 2.32 bits per heavy atom. The summed E-state index contributed by atoms with van der Waals surface area (Å²) < 4.78 is 0. The number of rotatable bonds is 7. The molecule has 0 saturated heterocycles. The number of amides is 1. The summed E-state index contributed by atoms with van der Waals surface area (Å²) in [5, 5.41) is 11.2. The molecule has 1 amide bonds. The summed E-state index contributed by atoms with van der Waals surface area (Å²) in [7, 11) is 0. The predicted octanol–water partition coefficient (Wildman–Crippen LogP) is 2.22. The van der Waals surface area contributed by atoms with E-state index in [1.807, 2.05) is 13.8 Å². The molecule has 4 heteroatoms. The molecule has 0 unspecified atom stereocenters. The lowest BCUT2D eigenvalue weighted by molar-refractivity contribution is -0.137. The Morgan fingerprint density at radius 1 is 1.11 bits per heavy atom. The lowest BCUT2D eigenvalue weighted by Crippen LogP contribution is -2.25. The van der Waals surface area contributed by atoms with Gasteiger partial charge in [-0.15, -0.1) is 0 Å². The molecule has 1 rings (SSSR count). The van der Waals surface area contributed by atoms with Crippen LogP contribution >= 0.6 is 0 Å². The van der Waals surface area contributed by atoms with Gasteiger partial charge in [-0.25, -0.2) is 0 Å². The van der Waals surface area contributed by atoms with E-state index in [1.54, 1.807) is 0 Å². The summed E-state index contributed by atoms with van der Waals surface area (Å²) in [6.07, 6.45) is 1.73. The van der Waals surface area contributed by atoms with E-state index in [2.05, 4.69) is 23.5 Å². The van der Waals surface area contributed by atoms with Crippen LogP contribution < -0.4 is 5.32 Å². The van der Waals surface area contributed by atoms with Gasteiger partial charge in [0.25, 0.3) is 0 Å². The number of benzene rings is 1. The third-order valence-corrected chi connectivity index (χ3v) is 2.81. The predicted molar refractivity (Wildman–Crippen MR) is 74.1 cm³/mol. The SMILES string of the molecule is Cc1cc(C)cc(CCC(=O)NCCCC(=O)O)c1. The van der Waals surface area contributed by atoms with Crippen molar-refractivity contribution < 1.29 is 14.7 Å². The number of aliphatic carboxylic acids is 1. The summed E-state index contributed by atoms with van der Waals surface area (Å²) in [5.41, 5.74) is 3.58. The van der Waals surface area contributed by atoms with Crippen LogP contribution in [0.3, 0.4) is 0 Å². The largest absolute Gasteiger partial charge is 0.481 e. The highest BCUT2D eigenvalue weighted by Crippen LogP contribution is 2.10. The van der Waals surface area contributed by atoms with Gasteiger partial charge in [-0.2, -0.15) is 0 Å². The van der Waals surface area contributed by atoms with Crippen LogP contribution in [-0.4, -0.2) is 23.5 Å². The summed E-state index contributed by atoms with van der Waals surface area (Å²) >= 11 is 0. The number of hydrogen-bond acceptors (Lipinski definition) is 2. The number of carbonyl (C=O) groups excluding carboxylic acids is 1. The second-order valence-corrected chi connectivity index (χ2v) is 4.84. The topological polar surface area (TPSA) is 66.4 Å². The molecule has 1 aromatic carbocycles. The Labute approximate surface area is 113 Å². The fourth-order valence-electron chi connectivity index (χ4n) is 2.03. The summed E-state index contributed by atoms with van der Waals surface area (Å²) in [5.74, 6) is -0.853. The van der Waals surface area contributed by atoms with Crippen LogP contribution in [0.25, 0.3) is 0 Å². The molecule has 0 radical (unpaired) electrons. The van der Waals surface area contributed by atoms with Crippen molar-refractivity contribution in [1.82, 2.24) is 5.32 Å². The molecule has 4 nitrogen and oxygen atoms in total. The summed E-state index contributed by atoms with van der Waals surface area (Å²) in [4.78, 5) is 21.9. The third kappa shape index (κ3) is 6.60. The molecule has 0 fully saturated rings. The van der Waals surface area contributed by atoms with Gasteiger partial charge in [0.05, 0.1) is 0 Å². The van der Waals surface area contributed by atoms with Crippen molar-refractivity contribution in [1.29, 1.82) is 0 Å². The highest BCUT2D eigenvalue weighted by atomic mass is 16.4. The van der Waals surface area contributed by atoms with Crippen molar-refractivity contribution in [2.45, 2.75) is 39.5 Å². The van der Waals surface area contributed by atoms with Gasteiger partial charge in [-0.05, 0) is 32.3 Å². The van der Waals surface area contributed by atoms with E-state index in [1.165, 1.54) is 11.1 Å². The highest BCUT2D eigenvalue weighted by molar-refractivity contribution is 5.76. The molecule has 104 valence electrons. The van der Waals surface area contributed by atoms with Gasteiger partial charge in [0.2, 0.25) is 5.91 Å². The van der Waals surface area contributed by atoms with Gasteiger partial charge < -0.3 is 10.4 Å². The Balaban J connectivity index is 2.28. The molecule has 0 spiro atoms. The smallest absolute Gasteiger partial charge is 0.303 e. The number of carboxylic acids is 1. The van der Waals surface area contributed by atoms with E-state index in [0.29, 0.717) is 25.8 Å². The Kier molecular flexibility index (Phi) is 6.06. The van der Waals surface area contributed by atoms with E-state index in [9.17, 15) is 9.59 Å². The minimum absolute atomic E-state index is 0.0236. The molecular weight excluding hydrogens is 242 g/mol. The molecule has 0 aliphatic rings. The molecule has 2 N–H and O–H groups in total. The molecule has 0 aliphatic heterocycles. The fraction of sp³-hybridized carbons (Fsp3) is 0.467.